The topological polar surface area (TPSA) is 362 Å². The monoisotopic (exact) mass is 1450 g/mol. The summed E-state index contributed by atoms with van der Waals surface area (Å²) in [7, 11) is 0. The standard InChI is InChI=1S/C23H27FN6O3S.C21H24FN7O2S.C14H12FN5O2S.C9H17NO2/c1-12(15-8-16(24)10-25-9-15)26-22-28-17(18-19(29-22)27-13(2)34-18)20(31)30-7-6-14(11-30)21(32)33-23(3,4)5;1-4-24-19(30)13-5-6-29(10-13)20(31)16-17-18(26-12(3)32-17)28-21(27-16)25-11(2)14-7-15(22)9-23-8-14;1-6(8-3-9(15)5-16-4-8)17-14-19-10(13(21)22)11-12(20-14)18-7(2)23-11;1-9(2,3)12-8(11)7-4-5-10-6-7/h8-10,12,14H,6-7,11H2,1-5H3,(H,26,28,29);7-9,11,13H,4-6,10H2,1-3H3,(H,24,30)(H,25,27,28);3-6H,1-2H3,(H,21,22)(H,17,19,20);7,10H,4-6H2,1-3H3/t12-,14?;11-,13?;6-;/m000./s1. The van der Waals surface area contributed by atoms with E-state index >= 15 is 0 Å². The molecule has 6 atom stereocenters. The van der Waals surface area contributed by atoms with Gasteiger partial charge in [-0.15, -0.1) is 34.0 Å². The lowest BCUT2D eigenvalue weighted by molar-refractivity contribution is -0.160. The lowest BCUT2D eigenvalue weighted by Crippen LogP contribution is -2.34. The number of esters is 2. The van der Waals surface area contributed by atoms with Crippen molar-refractivity contribution in [2.24, 2.45) is 17.8 Å². The van der Waals surface area contributed by atoms with E-state index in [1.54, 1.807) is 36.0 Å². The van der Waals surface area contributed by atoms with Gasteiger partial charge in [0.25, 0.3) is 11.8 Å². The van der Waals surface area contributed by atoms with Gasteiger partial charge in [-0.3, -0.25) is 38.9 Å². The van der Waals surface area contributed by atoms with E-state index in [1.165, 1.54) is 58.4 Å². The third-order valence-electron chi connectivity index (χ3n) is 15.6. The first-order valence-electron chi connectivity index (χ1n) is 32.6. The second-order valence-corrected chi connectivity index (χ2v) is 29.8. The predicted octanol–water partition coefficient (Wildman–Crippen LogP) is 10.3. The molecule has 3 aliphatic heterocycles. The molecule has 0 saturated carbocycles. The Morgan fingerprint density at radius 1 is 0.545 bits per heavy atom. The zero-order valence-electron chi connectivity index (χ0n) is 58.1. The molecule has 3 aliphatic rings. The van der Waals surface area contributed by atoms with E-state index in [0.717, 1.165) is 48.1 Å². The van der Waals surface area contributed by atoms with Crippen molar-refractivity contribution in [1.82, 2.24) is 80.2 Å². The Morgan fingerprint density at radius 3 is 1.27 bits per heavy atom. The molecule has 3 saturated heterocycles. The summed E-state index contributed by atoms with van der Waals surface area (Å²) < 4.78 is 52.7. The summed E-state index contributed by atoms with van der Waals surface area (Å²) in [5, 5.41) is 26.7. The summed E-state index contributed by atoms with van der Waals surface area (Å²) in [4.78, 5) is 128. The summed E-state index contributed by atoms with van der Waals surface area (Å²) >= 11 is 3.93. The van der Waals surface area contributed by atoms with E-state index < -0.39 is 29.0 Å². The minimum atomic E-state index is -1.15. The number of nitrogens with zero attached hydrogens (tertiary/aromatic N) is 14. The SMILES string of the molecule is CC(C)(C)OC(=O)C1CCNC1.CCNC(=O)C1CCN(C(=O)c2nc(N[C@@H](C)c3cncc(F)c3)nc3nc(C)sc23)C1.Cc1nc2nc(N[C@@H](C)c3cncc(F)c3)nc(C(=O)N3CCC(C(=O)OC(C)(C)C)C3)c2s1.Cc1nc2nc(N[C@@H](C)c3cncc(F)c3)nc(C(=O)O)c2s1. The first kappa shape index (κ1) is 75.5. The van der Waals surface area contributed by atoms with Crippen LogP contribution < -0.4 is 26.6 Å². The zero-order chi connectivity index (χ0) is 73.2. The molecule has 28 nitrogen and oxygen atoms in total. The molecule has 6 N–H and O–H groups in total. The van der Waals surface area contributed by atoms with Crippen molar-refractivity contribution >= 4 is 119 Å². The molecular weight excluding hydrogens is 1370 g/mol. The minimum Gasteiger partial charge on any atom is -0.476 e. The van der Waals surface area contributed by atoms with E-state index in [2.05, 4.69) is 86.4 Å². The van der Waals surface area contributed by atoms with Crippen LogP contribution in [0.4, 0.5) is 31.0 Å². The van der Waals surface area contributed by atoms with Crippen molar-refractivity contribution in [2.45, 2.75) is 139 Å². The fourth-order valence-electron chi connectivity index (χ4n) is 10.8. The Kier molecular flexibility index (Phi) is 24.5. The van der Waals surface area contributed by atoms with E-state index in [-0.39, 0.29) is 113 Å². The van der Waals surface area contributed by atoms with Crippen molar-refractivity contribution in [3.63, 3.8) is 0 Å². The summed E-state index contributed by atoms with van der Waals surface area (Å²) in [6.07, 6.45) is 10.1. The molecular formula is C67H80F3N19O9S3. The van der Waals surface area contributed by atoms with Crippen LogP contribution in [0.2, 0.25) is 0 Å². The number of carboxylic acid groups (broad SMARTS) is 1. The van der Waals surface area contributed by atoms with Crippen LogP contribution in [0.1, 0.15) is 170 Å². The minimum absolute atomic E-state index is 0.0378. The quantitative estimate of drug-likeness (QED) is 0.0490. The Labute approximate surface area is 592 Å². The van der Waals surface area contributed by atoms with Gasteiger partial charge < -0.3 is 51.0 Å². The number of rotatable bonds is 16. The molecule has 34 heteroatoms. The van der Waals surface area contributed by atoms with Crippen LogP contribution in [0, 0.1) is 56.0 Å². The third kappa shape index (κ3) is 20.3. The number of hydrogen-bond donors (Lipinski definition) is 6. The van der Waals surface area contributed by atoms with Gasteiger partial charge in [-0.25, -0.2) is 47.9 Å². The Balaban J connectivity index is 0.000000165. The zero-order valence-corrected chi connectivity index (χ0v) is 60.5. The van der Waals surface area contributed by atoms with Gasteiger partial charge in [-0.2, -0.15) is 15.0 Å². The summed E-state index contributed by atoms with van der Waals surface area (Å²) in [6, 6.07) is 3.06. The van der Waals surface area contributed by atoms with Crippen LogP contribution in [0.3, 0.4) is 0 Å². The molecule has 3 amide bonds. The average Bonchev–Trinajstić information content (AvgIpc) is 1.70. The first-order chi connectivity index (χ1) is 47.8. The summed E-state index contributed by atoms with van der Waals surface area (Å²) in [5.74, 6) is -3.39. The highest BCUT2D eigenvalue weighted by molar-refractivity contribution is 7.19. The normalized spacial score (nSPS) is 16.8. The molecule has 3 fully saturated rings. The fraction of sp³-hybridized carbons (Fsp3) is 0.463. The second kappa shape index (κ2) is 32.8. The number of amides is 3. The van der Waals surface area contributed by atoms with Crippen LogP contribution in [0.25, 0.3) is 31.0 Å². The molecule has 101 heavy (non-hydrogen) atoms. The van der Waals surface area contributed by atoms with Gasteiger partial charge in [0, 0.05) is 57.9 Å². The van der Waals surface area contributed by atoms with E-state index in [0.29, 0.717) is 91.8 Å². The van der Waals surface area contributed by atoms with Gasteiger partial charge >= 0.3 is 17.9 Å². The number of likely N-dealkylation sites (tertiary alicyclic amines) is 2. The highest BCUT2D eigenvalue weighted by Gasteiger charge is 2.37. The first-order valence-corrected chi connectivity index (χ1v) is 35.1. The number of halogens is 3. The number of thiazole rings is 3. The number of fused-ring (bicyclic) bond motifs is 3. The summed E-state index contributed by atoms with van der Waals surface area (Å²) in [6.45, 7) is 27.7. The van der Waals surface area contributed by atoms with Crippen LogP contribution in [0.5, 0.6) is 0 Å². The lowest BCUT2D eigenvalue weighted by atomic mass is 10.1. The summed E-state index contributed by atoms with van der Waals surface area (Å²) in [5.41, 5.74) is 2.46. The number of carbonyl (C=O) groups excluding carboxylic acids is 5. The van der Waals surface area contributed by atoms with E-state index in [9.17, 15) is 47.0 Å². The molecule has 0 aliphatic carbocycles. The van der Waals surface area contributed by atoms with Crippen molar-refractivity contribution in [3.8, 4) is 0 Å². The predicted molar refractivity (Wildman–Crippen MR) is 375 cm³/mol. The molecule has 0 aromatic carbocycles. The maximum Gasteiger partial charge on any atom is 0.356 e. The molecule has 0 spiro atoms. The maximum atomic E-state index is 13.6. The van der Waals surface area contributed by atoms with E-state index in [4.69, 9.17) is 9.47 Å². The number of hydrogen-bond acceptors (Lipinski definition) is 27. The molecule has 9 aromatic rings. The highest BCUT2D eigenvalue weighted by atomic mass is 32.1. The van der Waals surface area contributed by atoms with Crippen LogP contribution >= 0.6 is 34.0 Å². The van der Waals surface area contributed by atoms with Crippen molar-refractivity contribution in [2.75, 3.05) is 61.8 Å². The number of ether oxygens (including phenoxy) is 2. The number of pyridine rings is 3. The van der Waals surface area contributed by atoms with Gasteiger partial charge in [0.15, 0.2) is 34.0 Å². The van der Waals surface area contributed by atoms with Gasteiger partial charge in [0.2, 0.25) is 23.8 Å². The van der Waals surface area contributed by atoms with E-state index in [1.807, 2.05) is 76.2 Å². The highest BCUT2D eigenvalue weighted by Crippen LogP contribution is 2.33. The third-order valence-corrected chi connectivity index (χ3v) is 18.5. The number of aryl methyl sites for hydroxylation is 3. The smallest absolute Gasteiger partial charge is 0.356 e. The largest absolute Gasteiger partial charge is 0.476 e. The second-order valence-electron chi connectivity index (χ2n) is 26.2. The van der Waals surface area contributed by atoms with Crippen LogP contribution in [-0.2, 0) is 23.9 Å². The number of aromatic carboxylic acids is 1. The number of anilines is 3. The number of nitrogens with one attached hydrogen (secondary N) is 5. The maximum absolute atomic E-state index is 13.6. The molecule has 3 unspecified atom stereocenters. The Hall–Kier alpha value is -9.67. The van der Waals surface area contributed by atoms with Gasteiger partial charge in [-0.1, -0.05) is 0 Å². The van der Waals surface area contributed by atoms with Crippen molar-refractivity contribution < 1.29 is 56.5 Å². The average molecular weight is 1450 g/mol. The fourth-order valence-corrected chi connectivity index (χ4v) is 13.3. The number of carbonyl (C=O) groups is 6. The van der Waals surface area contributed by atoms with Gasteiger partial charge in [-0.05, 0) is 151 Å². The van der Waals surface area contributed by atoms with Crippen molar-refractivity contribution in [1.29, 1.82) is 0 Å². The Morgan fingerprint density at radius 2 is 0.911 bits per heavy atom. The molecule has 12 heterocycles. The van der Waals surface area contributed by atoms with Gasteiger partial charge in [0.05, 0.1) is 69.5 Å². The molecule has 0 bridgehead atoms. The number of carboxylic acids is 1. The lowest BCUT2D eigenvalue weighted by Gasteiger charge is -2.22. The van der Waals surface area contributed by atoms with Crippen molar-refractivity contribution in [3.05, 3.63) is 122 Å². The number of aromatic nitrogens is 12. The molecule has 536 valence electrons. The molecule has 0 radical (unpaired) electrons. The van der Waals surface area contributed by atoms with Crippen LogP contribution in [-0.4, -0.2) is 167 Å². The molecule has 12 rings (SSSR count). The Bertz CT molecular complexity index is 4500. The van der Waals surface area contributed by atoms with Crippen LogP contribution in [0.15, 0.2) is 55.4 Å². The van der Waals surface area contributed by atoms with Gasteiger partial charge in [0.1, 0.15) is 42.8 Å². The molecule has 9 aromatic heterocycles.